The van der Waals surface area contributed by atoms with Crippen LogP contribution in [0.25, 0.3) is 0 Å². The van der Waals surface area contributed by atoms with Crippen molar-refractivity contribution in [3.63, 3.8) is 0 Å². The van der Waals surface area contributed by atoms with E-state index in [1.54, 1.807) is 34.5 Å². The van der Waals surface area contributed by atoms with E-state index in [2.05, 4.69) is 4.72 Å². The number of nitrogens with one attached hydrogen (secondary N) is 1. The zero-order valence-corrected chi connectivity index (χ0v) is 18.9. The SMILES string of the molecule is CNS(=O)(=O)c1ccc2c(c1)CCN2C(=O)C1CCN(S(=O)(=O)c2cccs2)CC1. The minimum absolute atomic E-state index is 0.0221. The second-order valence-electron chi connectivity index (χ2n) is 7.35. The summed E-state index contributed by atoms with van der Waals surface area (Å²) in [7, 11) is -5.66. The highest BCUT2D eigenvalue weighted by Gasteiger charge is 2.36. The lowest BCUT2D eigenvalue weighted by atomic mass is 9.96. The molecular weight excluding hydrogens is 446 g/mol. The van der Waals surface area contributed by atoms with Crippen molar-refractivity contribution >= 4 is 43.0 Å². The summed E-state index contributed by atoms with van der Waals surface area (Å²) in [6, 6.07) is 8.12. The van der Waals surface area contributed by atoms with Crippen molar-refractivity contribution in [3.05, 3.63) is 41.3 Å². The smallest absolute Gasteiger partial charge is 0.252 e. The predicted octanol–water partition coefficient (Wildman–Crippen LogP) is 1.65. The van der Waals surface area contributed by atoms with Gasteiger partial charge in [-0.1, -0.05) is 6.07 Å². The monoisotopic (exact) mass is 469 g/mol. The summed E-state index contributed by atoms with van der Waals surface area (Å²) in [6.07, 6.45) is 1.54. The maximum Gasteiger partial charge on any atom is 0.252 e. The summed E-state index contributed by atoms with van der Waals surface area (Å²) in [5.74, 6) is -0.266. The molecule has 0 unspecified atom stereocenters. The number of hydrogen-bond donors (Lipinski definition) is 1. The van der Waals surface area contributed by atoms with Crippen LogP contribution in [-0.4, -0.2) is 53.7 Å². The summed E-state index contributed by atoms with van der Waals surface area (Å²) < 4.78 is 53.5. The number of nitrogens with zero attached hydrogens (tertiary/aromatic N) is 2. The third kappa shape index (κ3) is 3.80. The molecule has 30 heavy (non-hydrogen) atoms. The summed E-state index contributed by atoms with van der Waals surface area (Å²) in [4.78, 5) is 15.0. The summed E-state index contributed by atoms with van der Waals surface area (Å²) >= 11 is 1.20. The number of sulfonamides is 2. The van der Waals surface area contributed by atoms with Gasteiger partial charge in [0.1, 0.15) is 4.21 Å². The van der Waals surface area contributed by atoms with Crippen LogP contribution in [0.1, 0.15) is 18.4 Å². The molecule has 0 aliphatic carbocycles. The Labute approximate surface area is 180 Å². The predicted molar refractivity (Wildman–Crippen MR) is 115 cm³/mol. The number of piperidine rings is 1. The molecule has 1 aromatic carbocycles. The normalized spacial score (nSPS) is 18.5. The lowest BCUT2D eigenvalue weighted by Gasteiger charge is -2.32. The molecule has 2 aromatic rings. The van der Waals surface area contributed by atoms with Gasteiger partial charge < -0.3 is 4.90 Å². The molecule has 0 bridgehead atoms. The van der Waals surface area contributed by atoms with Crippen LogP contribution in [0.2, 0.25) is 0 Å². The molecule has 0 spiro atoms. The topological polar surface area (TPSA) is 104 Å². The second-order valence-corrected chi connectivity index (χ2v) is 12.3. The average Bonchev–Trinajstić information content (AvgIpc) is 3.43. The van der Waals surface area contributed by atoms with E-state index < -0.39 is 20.0 Å². The number of carbonyl (C=O) groups is 1. The Morgan fingerprint density at radius 1 is 1.10 bits per heavy atom. The van der Waals surface area contributed by atoms with Gasteiger partial charge in [0.25, 0.3) is 10.0 Å². The van der Waals surface area contributed by atoms with Crippen LogP contribution in [0.5, 0.6) is 0 Å². The van der Waals surface area contributed by atoms with Crippen molar-refractivity contribution < 1.29 is 21.6 Å². The van der Waals surface area contributed by atoms with Gasteiger partial charge in [0, 0.05) is 31.2 Å². The van der Waals surface area contributed by atoms with Gasteiger partial charge in [-0.3, -0.25) is 4.79 Å². The van der Waals surface area contributed by atoms with Crippen molar-refractivity contribution in [1.82, 2.24) is 9.03 Å². The molecule has 1 saturated heterocycles. The number of thiophene rings is 1. The maximum absolute atomic E-state index is 13.1. The molecule has 2 aliphatic rings. The summed E-state index contributed by atoms with van der Waals surface area (Å²) in [5.41, 5.74) is 1.57. The highest BCUT2D eigenvalue weighted by molar-refractivity contribution is 7.91. The van der Waals surface area contributed by atoms with E-state index in [0.717, 1.165) is 11.3 Å². The van der Waals surface area contributed by atoms with E-state index >= 15 is 0 Å². The fourth-order valence-electron chi connectivity index (χ4n) is 3.99. The van der Waals surface area contributed by atoms with E-state index in [9.17, 15) is 21.6 Å². The zero-order chi connectivity index (χ0) is 21.5. The quantitative estimate of drug-likeness (QED) is 0.717. The summed E-state index contributed by atoms with van der Waals surface area (Å²) in [6.45, 7) is 1.14. The van der Waals surface area contributed by atoms with E-state index in [0.29, 0.717) is 43.1 Å². The number of carbonyl (C=O) groups excluding carboxylic acids is 1. The number of fused-ring (bicyclic) bond motifs is 1. The minimum Gasteiger partial charge on any atom is -0.312 e. The second kappa shape index (κ2) is 8.04. The lowest BCUT2D eigenvalue weighted by Crippen LogP contribution is -2.44. The molecule has 0 atom stereocenters. The molecule has 0 radical (unpaired) electrons. The van der Waals surface area contributed by atoms with E-state index in [1.165, 1.54) is 28.8 Å². The molecule has 0 saturated carbocycles. The van der Waals surface area contributed by atoms with Gasteiger partial charge >= 0.3 is 0 Å². The molecule has 1 N–H and O–H groups in total. The first-order valence-electron chi connectivity index (χ1n) is 9.65. The van der Waals surface area contributed by atoms with Gasteiger partial charge in [-0.05, 0) is 61.5 Å². The first-order valence-corrected chi connectivity index (χ1v) is 13.5. The highest BCUT2D eigenvalue weighted by atomic mass is 32.2. The van der Waals surface area contributed by atoms with Crippen LogP contribution in [-0.2, 0) is 31.3 Å². The van der Waals surface area contributed by atoms with Crippen LogP contribution < -0.4 is 9.62 Å². The van der Waals surface area contributed by atoms with Crippen LogP contribution in [0, 0.1) is 5.92 Å². The Balaban J connectivity index is 1.45. The van der Waals surface area contributed by atoms with Crippen LogP contribution in [0.3, 0.4) is 0 Å². The number of hydrogen-bond acceptors (Lipinski definition) is 6. The van der Waals surface area contributed by atoms with Gasteiger partial charge in [-0.25, -0.2) is 21.6 Å². The van der Waals surface area contributed by atoms with Crippen LogP contribution in [0.4, 0.5) is 5.69 Å². The number of amides is 1. The van der Waals surface area contributed by atoms with Gasteiger partial charge in [-0.15, -0.1) is 11.3 Å². The third-order valence-corrected chi connectivity index (χ3v) is 10.4. The standard InChI is InChI=1S/C19H23N3O5S3/c1-20-29(24,25)16-4-5-17-15(13-16)8-11-22(17)19(23)14-6-9-21(10-7-14)30(26,27)18-3-2-12-28-18/h2-5,12-14,20H,6-11H2,1H3. The number of benzene rings is 1. The molecule has 1 amide bonds. The molecular formula is C19H23N3O5S3. The van der Waals surface area contributed by atoms with Crippen molar-refractivity contribution in [2.45, 2.75) is 28.4 Å². The Morgan fingerprint density at radius 3 is 2.47 bits per heavy atom. The maximum atomic E-state index is 13.1. The molecule has 162 valence electrons. The Kier molecular flexibility index (Phi) is 5.75. The van der Waals surface area contributed by atoms with E-state index in [1.807, 2.05) is 0 Å². The lowest BCUT2D eigenvalue weighted by molar-refractivity contribution is -0.123. The van der Waals surface area contributed by atoms with Gasteiger partial charge in [0.15, 0.2) is 0 Å². The Bertz CT molecular complexity index is 1150. The van der Waals surface area contributed by atoms with E-state index in [4.69, 9.17) is 0 Å². The molecule has 1 fully saturated rings. The molecule has 2 aliphatic heterocycles. The van der Waals surface area contributed by atoms with E-state index in [-0.39, 0.29) is 16.7 Å². The van der Waals surface area contributed by atoms with Crippen molar-refractivity contribution in [2.75, 3.05) is 31.6 Å². The molecule has 3 heterocycles. The molecule has 1 aromatic heterocycles. The van der Waals surface area contributed by atoms with Crippen LogP contribution in [0.15, 0.2) is 44.8 Å². The Morgan fingerprint density at radius 2 is 1.83 bits per heavy atom. The first kappa shape index (κ1) is 21.4. The minimum atomic E-state index is -3.53. The number of rotatable bonds is 5. The summed E-state index contributed by atoms with van der Waals surface area (Å²) in [5, 5.41) is 1.74. The van der Waals surface area contributed by atoms with Crippen molar-refractivity contribution in [3.8, 4) is 0 Å². The Hall–Kier alpha value is -1.79. The average molecular weight is 470 g/mol. The van der Waals surface area contributed by atoms with Gasteiger partial charge in [0.05, 0.1) is 4.90 Å². The fraction of sp³-hybridized carbons (Fsp3) is 0.421. The van der Waals surface area contributed by atoms with Gasteiger partial charge in [0.2, 0.25) is 15.9 Å². The molecule has 8 nitrogen and oxygen atoms in total. The zero-order valence-electron chi connectivity index (χ0n) is 16.4. The largest absolute Gasteiger partial charge is 0.312 e. The van der Waals surface area contributed by atoms with Crippen LogP contribution >= 0.6 is 11.3 Å². The highest BCUT2D eigenvalue weighted by Crippen LogP contribution is 2.34. The van der Waals surface area contributed by atoms with Gasteiger partial charge in [-0.2, -0.15) is 4.31 Å². The fourth-order valence-corrected chi connectivity index (χ4v) is 7.39. The third-order valence-electron chi connectivity index (χ3n) is 5.68. The first-order chi connectivity index (χ1) is 14.2. The van der Waals surface area contributed by atoms with Crippen molar-refractivity contribution in [2.24, 2.45) is 5.92 Å². The molecule has 4 rings (SSSR count). The molecule has 11 heteroatoms. The number of anilines is 1. The van der Waals surface area contributed by atoms with Crippen molar-refractivity contribution in [1.29, 1.82) is 0 Å².